The highest BCUT2D eigenvalue weighted by atomic mass is 16.7. The number of carbonyl (C=O) groups excluding carboxylic acids is 3. The molecule has 0 amide bonds. The minimum atomic E-state index is -0.732. The van der Waals surface area contributed by atoms with Gasteiger partial charge in [-0.25, -0.2) is 9.59 Å². The molecule has 0 aromatic heterocycles. The third-order valence-electron chi connectivity index (χ3n) is 3.51. The topological polar surface area (TPSA) is 97.4 Å². The highest BCUT2D eigenvalue weighted by Crippen LogP contribution is 2.09. The van der Waals surface area contributed by atoms with Gasteiger partial charge in [0.25, 0.3) is 0 Å². The van der Waals surface area contributed by atoms with E-state index < -0.39 is 30.1 Å². The minimum Gasteiger partial charge on any atom is -0.466 e. The van der Waals surface area contributed by atoms with E-state index in [0.29, 0.717) is 19.4 Å². The fraction of sp³-hybridized carbons (Fsp3) is 0.611. The first kappa shape index (κ1) is 23.8. The van der Waals surface area contributed by atoms with Crippen molar-refractivity contribution in [1.29, 1.82) is 0 Å². The zero-order valence-corrected chi connectivity index (χ0v) is 15.9. The first-order valence-electron chi connectivity index (χ1n) is 8.17. The Morgan fingerprint density at radius 2 is 1.42 bits per heavy atom. The fourth-order valence-corrected chi connectivity index (χ4v) is 1.70. The second-order valence-electron chi connectivity index (χ2n) is 5.46. The predicted octanol–water partition coefficient (Wildman–Crippen LogP) is 1.93. The first-order chi connectivity index (χ1) is 12.2. The van der Waals surface area contributed by atoms with Gasteiger partial charge in [-0.05, 0) is 26.7 Å². The van der Waals surface area contributed by atoms with Crippen LogP contribution < -0.4 is 0 Å². The Morgan fingerprint density at radius 3 is 1.96 bits per heavy atom. The van der Waals surface area contributed by atoms with E-state index in [1.165, 1.54) is 14.2 Å². The van der Waals surface area contributed by atoms with E-state index in [-0.39, 0.29) is 24.4 Å². The molecule has 0 aliphatic heterocycles. The molecule has 0 aromatic rings. The monoisotopic (exact) mass is 372 g/mol. The fourth-order valence-electron chi connectivity index (χ4n) is 1.70. The molecule has 0 rings (SSSR count). The van der Waals surface area contributed by atoms with Crippen molar-refractivity contribution in [3.8, 4) is 0 Å². The second-order valence-corrected chi connectivity index (χ2v) is 5.46. The zero-order chi connectivity index (χ0) is 20.1. The first-order valence-corrected chi connectivity index (χ1v) is 8.17. The normalized spacial score (nSPS) is 12.6. The lowest BCUT2D eigenvalue weighted by Crippen LogP contribution is -2.22. The van der Waals surface area contributed by atoms with Crippen LogP contribution in [-0.4, -0.2) is 57.7 Å². The Hall–Kier alpha value is -2.19. The summed E-state index contributed by atoms with van der Waals surface area (Å²) in [6, 6.07) is 0. The molecule has 0 aliphatic carbocycles. The summed E-state index contributed by atoms with van der Waals surface area (Å²) in [6.07, 6.45) is 0.127. The molecule has 0 saturated carbocycles. The molecule has 8 nitrogen and oxygen atoms in total. The Morgan fingerprint density at radius 1 is 0.885 bits per heavy atom. The SMILES string of the molecule is C=C(C(=O)OC)C(C)OCOCCCCC(=O)OC(C)C(=C)C(=O)OC. The number of methoxy groups -OCH3 is 2. The lowest BCUT2D eigenvalue weighted by atomic mass is 10.2. The quantitative estimate of drug-likeness (QED) is 0.159. The number of ether oxygens (including phenoxy) is 5. The molecule has 0 spiro atoms. The van der Waals surface area contributed by atoms with Gasteiger partial charge in [0.1, 0.15) is 12.9 Å². The van der Waals surface area contributed by atoms with Crippen molar-refractivity contribution in [2.24, 2.45) is 0 Å². The van der Waals surface area contributed by atoms with Gasteiger partial charge in [-0.1, -0.05) is 13.2 Å². The third kappa shape index (κ3) is 9.33. The van der Waals surface area contributed by atoms with Crippen molar-refractivity contribution in [3.63, 3.8) is 0 Å². The molecule has 0 N–H and O–H groups in total. The number of unbranched alkanes of at least 4 members (excludes halogenated alkanes) is 1. The molecule has 0 bridgehead atoms. The summed E-state index contributed by atoms with van der Waals surface area (Å²) in [5, 5.41) is 0. The van der Waals surface area contributed by atoms with Gasteiger partial charge in [0.15, 0.2) is 0 Å². The minimum absolute atomic E-state index is 0.00237. The van der Waals surface area contributed by atoms with Crippen LogP contribution in [0, 0.1) is 0 Å². The van der Waals surface area contributed by atoms with E-state index in [1.807, 2.05) is 0 Å². The van der Waals surface area contributed by atoms with Crippen molar-refractivity contribution in [2.45, 2.75) is 45.3 Å². The molecule has 0 fully saturated rings. The highest BCUT2D eigenvalue weighted by Gasteiger charge is 2.19. The van der Waals surface area contributed by atoms with E-state index in [0.717, 1.165) is 0 Å². The van der Waals surface area contributed by atoms with Gasteiger partial charge in [0, 0.05) is 13.0 Å². The Balaban J connectivity index is 3.79. The van der Waals surface area contributed by atoms with Crippen LogP contribution in [0.25, 0.3) is 0 Å². The molecule has 2 unspecified atom stereocenters. The van der Waals surface area contributed by atoms with Crippen LogP contribution in [0.5, 0.6) is 0 Å². The van der Waals surface area contributed by atoms with Crippen molar-refractivity contribution in [3.05, 3.63) is 24.3 Å². The van der Waals surface area contributed by atoms with E-state index in [9.17, 15) is 14.4 Å². The van der Waals surface area contributed by atoms with Gasteiger partial charge in [0.05, 0.1) is 31.5 Å². The van der Waals surface area contributed by atoms with Crippen LogP contribution in [0.3, 0.4) is 0 Å². The zero-order valence-electron chi connectivity index (χ0n) is 15.9. The third-order valence-corrected chi connectivity index (χ3v) is 3.51. The molecule has 0 aromatic carbocycles. The summed E-state index contributed by atoms with van der Waals surface area (Å²) in [4.78, 5) is 34.2. The molecule has 8 heteroatoms. The molecule has 0 radical (unpaired) electrons. The number of hydrogen-bond acceptors (Lipinski definition) is 8. The van der Waals surface area contributed by atoms with Crippen LogP contribution in [0.1, 0.15) is 33.1 Å². The average Bonchev–Trinajstić information content (AvgIpc) is 2.64. The predicted molar refractivity (Wildman–Crippen MR) is 93.1 cm³/mol. The number of hydrogen-bond donors (Lipinski definition) is 0. The lowest BCUT2D eigenvalue weighted by molar-refractivity contribution is -0.148. The van der Waals surface area contributed by atoms with Crippen molar-refractivity contribution in [1.82, 2.24) is 0 Å². The van der Waals surface area contributed by atoms with Crippen LogP contribution in [-0.2, 0) is 38.1 Å². The van der Waals surface area contributed by atoms with Crippen molar-refractivity contribution in [2.75, 3.05) is 27.6 Å². The molecule has 2 atom stereocenters. The summed E-state index contributed by atoms with van der Waals surface area (Å²) in [7, 11) is 2.51. The molecular weight excluding hydrogens is 344 g/mol. The lowest BCUT2D eigenvalue weighted by Gasteiger charge is -2.15. The van der Waals surface area contributed by atoms with Gasteiger partial charge in [-0.2, -0.15) is 0 Å². The number of esters is 3. The van der Waals surface area contributed by atoms with Gasteiger partial charge in [-0.15, -0.1) is 0 Å². The second kappa shape index (κ2) is 13.1. The largest absolute Gasteiger partial charge is 0.466 e. The van der Waals surface area contributed by atoms with Crippen LogP contribution in [0.4, 0.5) is 0 Å². The molecule has 0 aliphatic rings. The van der Waals surface area contributed by atoms with Gasteiger partial charge < -0.3 is 23.7 Å². The molecule has 26 heavy (non-hydrogen) atoms. The maximum Gasteiger partial charge on any atom is 0.336 e. The van der Waals surface area contributed by atoms with Crippen molar-refractivity contribution >= 4 is 17.9 Å². The number of rotatable bonds is 13. The van der Waals surface area contributed by atoms with Crippen LogP contribution in [0.15, 0.2) is 24.3 Å². The van der Waals surface area contributed by atoms with Crippen molar-refractivity contribution < 1.29 is 38.1 Å². The summed E-state index contributed by atoms with van der Waals surface area (Å²) >= 11 is 0. The van der Waals surface area contributed by atoms with Crippen LogP contribution >= 0.6 is 0 Å². The highest BCUT2D eigenvalue weighted by molar-refractivity contribution is 5.89. The molecule has 0 saturated heterocycles. The van der Waals surface area contributed by atoms with Gasteiger partial charge in [0.2, 0.25) is 0 Å². The molecule has 148 valence electrons. The average molecular weight is 372 g/mol. The van der Waals surface area contributed by atoms with Gasteiger partial charge >= 0.3 is 17.9 Å². The van der Waals surface area contributed by atoms with E-state index in [1.54, 1.807) is 13.8 Å². The standard InChI is InChI=1S/C18H28O8/c1-12(17(20)22-5)14(3)25-11-24-10-8-7-9-16(19)26-15(4)13(2)18(21)23-6/h14-15H,1-2,7-11H2,3-6H3. The smallest absolute Gasteiger partial charge is 0.336 e. The molecular formula is C18H28O8. The Kier molecular flexibility index (Phi) is 12.0. The van der Waals surface area contributed by atoms with Gasteiger partial charge in [-0.3, -0.25) is 4.79 Å². The maximum absolute atomic E-state index is 11.7. The summed E-state index contributed by atoms with van der Waals surface area (Å²) in [5.74, 6) is -1.57. The Bertz CT molecular complexity index is 511. The summed E-state index contributed by atoms with van der Waals surface area (Å²) in [5.41, 5.74) is 0.297. The maximum atomic E-state index is 11.7. The van der Waals surface area contributed by atoms with E-state index in [4.69, 9.17) is 14.2 Å². The van der Waals surface area contributed by atoms with E-state index in [2.05, 4.69) is 22.6 Å². The van der Waals surface area contributed by atoms with E-state index >= 15 is 0 Å². The Labute approximate surface area is 154 Å². The number of carbonyl (C=O) groups is 3. The van der Waals surface area contributed by atoms with Crippen LogP contribution in [0.2, 0.25) is 0 Å². The summed E-state index contributed by atoms with van der Waals surface area (Å²) < 4.78 is 24.7. The molecule has 0 heterocycles. The summed E-state index contributed by atoms with van der Waals surface area (Å²) in [6.45, 7) is 10.7.